The van der Waals surface area contributed by atoms with Gasteiger partial charge in [0, 0.05) is 22.9 Å². The molecule has 0 radical (unpaired) electrons. The van der Waals surface area contributed by atoms with E-state index in [0.717, 1.165) is 22.8 Å². The first-order chi connectivity index (χ1) is 11.8. The van der Waals surface area contributed by atoms with Gasteiger partial charge in [0.15, 0.2) is 0 Å². The Kier molecular flexibility index (Phi) is 4.38. The van der Waals surface area contributed by atoms with Crippen LogP contribution in [-0.4, -0.2) is 36.6 Å². The number of nitrogens with zero attached hydrogens (tertiary/aromatic N) is 4. The largest absolute Gasteiger partial charge is 0.366 e. The fourth-order valence-corrected chi connectivity index (χ4v) is 4.56. The molecular formula is C18H21N5S. The van der Waals surface area contributed by atoms with Crippen LogP contribution >= 0.6 is 11.8 Å². The van der Waals surface area contributed by atoms with Gasteiger partial charge in [-0.1, -0.05) is 43.7 Å². The fourth-order valence-electron chi connectivity index (χ4n) is 3.37. The van der Waals surface area contributed by atoms with Crippen LogP contribution in [0.25, 0.3) is 17.0 Å². The van der Waals surface area contributed by atoms with E-state index in [1.54, 1.807) is 10.8 Å². The van der Waals surface area contributed by atoms with E-state index < -0.39 is 0 Å². The van der Waals surface area contributed by atoms with E-state index in [0.29, 0.717) is 17.1 Å². The Labute approximate surface area is 145 Å². The van der Waals surface area contributed by atoms with Crippen molar-refractivity contribution in [1.29, 1.82) is 0 Å². The summed E-state index contributed by atoms with van der Waals surface area (Å²) < 4.78 is 1.80. The van der Waals surface area contributed by atoms with E-state index in [1.165, 1.54) is 19.3 Å². The summed E-state index contributed by atoms with van der Waals surface area (Å²) in [6, 6.07) is 12.8. The summed E-state index contributed by atoms with van der Waals surface area (Å²) in [5.41, 5.74) is 2.02. The van der Waals surface area contributed by atoms with Gasteiger partial charge < -0.3 is 5.32 Å². The van der Waals surface area contributed by atoms with Crippen molar-refractivity contribution in [3.8, 4) is 11.3 Å². The van der Waals surface area contributed by atoms with Gasteiger partial charge in [-0.15, -0.1) is 0 Å². The Morgan fingerprint density at radius 2 is 2.12 bits per heavy atom. The molecule has 2 heterocycles. The number of nitrogens with one attached hydrogen (secondary N) is 1. The minimum absolute atomic E-state index is 0.480. The summed E-state index contributed by atoms with van der Waals surface area (Å²) in [7, 11) is 0. The lowest BCUT2D eigenvalue weighted by atomic mass is 10.1. The average Bonchev–Trinajstić information content (AvgIpc) is 3.25. The highest BCUT2D eigenvalue weighted by atomic mass is 32.2. The second-order valence-corrected chi connectivity index (χ2v) is 7.56. The number of benzene rings is 1. The molecule has 0 saturated heterocycles. The number of hydrogen-bond donors (Lipinski definition) is 1. The maximum absolute atomic E-state index is 4.64. The van der Waals surface area contributed by atoms with Crippen molar-refractivity contribution >= 4 is 23.4 Å². The molecular weight excluding hydrogens is 318 g/mol. The predicted molar refractivity (Wildman–Crippen MR) is 99.4 cm³/mol. The van der Waals surface area contributed by atoms with Crippen LogP contribution < -0.4 is 5.32 Å². The molecule has 0 spiro atoms. The van der Waals surface area contributed by atoms with Crippen molar-refractivity contribution in [2.24, 2.45) is 0 Å². The minimum Gasteiger partial charge on any atom is -0.366 e. The molecule has 1 saturated carbocycles. The van der Waals surface area contributed by atoms with E-state index in [9.17, 15) is 0 Å². The highest BCUT2D eigenvalue weighted by molar-refractivity contribution is 7.99. The molecule has 4 rings (SSSR count). The Morgan fingerprint density at radius 3 is 2.96 bits per heavy atom. The first-order valence-corrected chi connectivity index (χ1v) is 9.54. The molecule has 24 heavy (non-hydrogen) atoms. The summed E-state index contributed by atoms with van der Waals surface area (Å²) in [4.78, 5) is 8.93. The molecule has 0 amide bonds. The maximum atomic E-state index is 4.64. The van der Waals surface area contributed by atoms with E-state index in [1.807, 2.05) is 18.2 Å². The number of anilines is 1. The third-order valence-electron chi connectivity index (χ3n) is 4.49. The molecule has 0 bridgehead atoms. The van der Waals surface area contributed by atoms with Crippen LogP contribution in [-0.2, 0) is 0 Å². The number of fused-ring (bicyclic) bond motifs is 1. The zero-order chi connectivity index (χ0) is 16.4. The van der Waals surface area contributed by atoms with Crippen LogP contribution in [0.5, 0.6) is 0 Å². The third kappa shape index (κ3) is 2.98. The van der Waals surface area contributed by atoms with Gasteiger partial charge in [-0.2, -0.15) is 26.4 Å². The van der Waals surface area contributed by atoms with Gasteiger partial charge >= 0.3 is 0 Å². The summed E-state index contributed by atoms with van der Waals surface area (Å²) in [6.45, 7) is 2.23. The lowest BCUT2D eigenvalue weighted by molar-refractivity contribution is 0.751. The molecule has 1 N–H and O–H groups in total. The molecule has 1 aromatic carbocycles. The first-order valence-electron chi connectivity index (χ1n) is 8.49. The standard InChI is InChI=1S/C18H21N5S/c1-2-24-16-10-6-9-14(16)21-17-11-15(13-7-4-3-5-8-13)22-18-19-12-20-23(17)18/h3-5,7-8,11-12,14,16,21H,2,6,9-10H2,1H3. The minimum atomic E-state index is 0.480. The van der Waals surface area contributed by atoms with Crippen LogP contribution in [0, 0.1) is 0 Å². The van der Waals surface area contributed by atoms with Crippen molar-refractivity contribution in [3.63, 3.8) is 0 Å². The Balaban J connectivity index is 1.70. The Hall–Kier alpha value is -2.08. The summed E-state index contributed by atoms with van der Waals surface area (Å²) in [5.74, 6) is 2.77. The van der Waals surface area contributed by atoms with Crippen molar-refractivity contribution in [2.45, 2.75) is 37.5 Å². The molecule has 2 unspecified atom stereocenters. The summed E-state index contributed by atoms with van der Waals surface area (Å²) >= 11 is 2.05. The predicted octanol–water partition coefficient (Wildman–Crippen LogP) is 3.88. The van der Waals surface area contributed by atoms with Crippen molar-refractivity contribution in [2.75, 3.05) is 11.1 Å². The number of aromatic nitrogens is 4. The topological polar surface area (TPSA) is 55.1 Å². The van der Waals surface area contributed by atoms with E-state index in [-0.39, 0.29) is 0 Å². The number of thioether (sulfide) groups is 1. The summed E-state index contributed by atoms with van der Waals surface area (Å²) in [5, 5.41) is 8.72. The third-order valence-corrected chi connectivity index (χ3v) is 5.81. The van der Waals surface area contributed by atoms with Crippen LogP contribution in [0.3, 0.4) is 0 Å². The lowest BCUT2D eigenvalue weighted by Crippen LogP contribution is -2.27. The molecule has 3 aromatic rings. The maximum Gasteiger partial charge on any atom is 0.254 e. The van der Waals surface area contributed by atoms with Gasteiger partial charge in [-0.05, 0) is 18.6 Å². The normalized spacial score (nSPS) is 20.5. The second-order valence-electron chi connectivity index (χ2n) is 6.04. The molecule has 0 aliphatic heterocycles. The van der Waals surface area contributed by atoms with Crippen LogP contribution in [0.2, 0.25) is 0 Å². The van der Waals surface area contributed by atoms with Gasteiger partial charge in [0.1, 0.15) is 12.1 Å². The zero-order valence-corrected chi connectivity index (χ0v) is 14.5. The second kappa shape index (κ2) is 6.81. The molecule has 5 nitrogen and oxygen atoms in total. The van der Waals surface area contributed by atoms with E-state index >= 15 is 0 Å². The molecule has 1 fully saturated rings. The van der Waals surface area contributed by atoms with E-state index in [2.05, 4.69) is 57.3 Å². The van der Waals surface area contributed by atoms with Crippen molar-refractivity contribution in [3.05, 3.63) is 42.7 Å². The van der Waals surface area contributed by atoms with Gasteiger partial charge in [-0.3, -0.25) is 0 Å². The summed E-state index contributed by atoms with van der Waals surface area (Å²) in [6.07, 6.45) is 5.34. The van der Waals surface area contributed by atoms with Crippen LogP contribution in [0.4, 0.5) is 5.82 Å². The Bertz CT molecular complexity index is 817. The SMILES string of the molecule is CCSC1CCCC1Nc1cc(-c2ccccc2)nc2ncnn12. The van der Waals surface area contributed by atoms with Crippen molar-refractivity contribution in [1.82, 2.24) is 19.6 Å². The molecule has 1 aliphatic carbocycles. The van der Waals surface area contributed by atoms with Gasteiger partial charge in [-0.25, -0.2) is 4.98 Å². The molecule has 2 aromatic heterocycles. The smallest absolute Gasteiger partial charge is 0.254 e. The van der Waals surface area contributed by atoms with Crippen molar-refractivity contribution < 1.29 is 0 Å². The van der Waals surface area contributed by atoms with Crippen LogP contribution in [0.1, 0.15) is 26.2 Å². The lowest BCUT2D eigenvalue weighted by Gasteiger charge is -2.21. The monoisotopic (exact) mass is 339 g/mol. The number of hydrogen-bond acceptors (Lipinski definition) is 5. The van der Waals surface area contributed by atoms with Gasteiger partial charge in [0.2, 0.25) is 0 Å². The van der Waals surface area contributed by atoms with E-state index in [4.69, 9.17) is 0 Å². The highest BCUT2D eigenvalue weighted by Gasteiger charge is 2.27. The zero-order valence-electron chi connectivity index (χ0n) is 13.7. The highest BCUT2D eigenvalue weighted by Crippen LogP contribution is 2.32. The average molecular weight is 339 g/mol. The quantitative estimate of drug-likeness (QED) is 0.764. The van der Waals surface area contributed by atoms with Gasteiger partial charge in [0.25, 0.3) is 5.78 Å². The van der Waals surface area contributed by atoms with Crippen LogP contribution in [0.15, 0.2) is 42.7 Å². The molecule has 2 atom stereocenters. The molecule has 124 valence electrons. The Morgan fingerprint density at radius 1 is 1.25 bits per heavy atom. The molecule has 6 heteroatoms. The first kappa shape index (κ1) is 15.4. The number of rotatable bonds is 5. The fraction of sp³-hybridized carbons (Fsp3) is 0.389. The molecule has 1 aliphatic rings. The van der Waals surface area contributed by atoms with Gasteiger partial charge in [0.05, 0.1) is 5.69 Å².